The molecule has 0 unspecified atom stereocenters. The molecule has 1 saturated heterocycles. The molecule has 1 N–H and O–H groups in total. The Morgan fingerprint density at radius 2 is 1.73 bits per heavy atom. The molecular formula is C17H22N4O4S. The second-order valence-corrected chi connectivity index (χ2v) is 7.92. The lowest BCUT2D eigenvalue weighted by molar-refractivity contribution is -0.129. The maximum absolute atomic E-state index is 12.5. The average Bonchev–Trinajstić information content (AvgIpc) is 2.95. The van der Waals surface area contributed by atoms with Crippen molar-refractivity contribution < 1.29 is 17.7 Å². The second kappa shape index (κ2) is 6.99. The summed E-state index contributed by atoms with van der Waals surface area (Å²) in [6, 6.07) is 7.19. The fourth-order valence-corrected chi connectivity index (χ4v) is 4.47. The molecule has 0 atom stereocenters. The first-order valence-electron chi connectivity index (χ1n) is 8.34. The number of sulfonamides is 1. The maximum atomic E-state index is 12.5. The van der Waals surface area contributed by atoms with Crippen molar-refractivity contribution in [2.24, 2.45) is 0 Å². The minimum absolute atomic E-state index is 0.0712. The van der Waals surface area contributed by atoms with Crippen molar-refractivity contribution in [1.29, 1.82) is 0 Å². The molecule has 0 bridgehead atoms. The van der Waals surface area contributed by atoms with Crippen LogP contribution in [0.2, 0.25) is 0 Å². The van der Waals surface area contributed by atoms with Gasteiger partial charge in [-0.3, -0.25) is 9.52 Å². The molecule has 9 heteroatoms. The summed E-state index contributed by atoms with van der Waals surface area (Å²) in [6.45, 7) is 7.63. The molecule has 0 saturated carbocycles. The lowest BCUT2D eigenvalue weighted by Gasteiger charge is -2.35. The summed E-state index contributed by atoms with van der Waals surface area (Å²) in [7, 11) is -3.75. The topological polar surface area (TPSA) is 95.8 Å². The van der Waals surface area contributed by atoms with Gasteiger partial charge in [0.05, 0.1) is 0 Å². The van der Waals surface area contributed by atoms with E-state index in [-0.39, 0.29) is 16.6 Å². The predicted octanol–water partition coefficient (Wildman–Crippen LogP) is 1.76. The minimum Gasteiger partial charge on any atom is -0.368 e. The molecule has 2 aromatic rings. The molecule has 0 spiro atoms. The van der Waals surface area contributed by atoms with Crippen LogP contribution in [-0.4, -0.2) is 50.6 Å². The van der Waals surface area contributed by atoms with E-state index in [1.165, 1.54) is 0 Å². The Labute approximate surface area is 152 Å². The first-order valence-corrected chi connectivity index (χ1v) is 9.82. The van der Waals surface area contributed by atoms with Crippen LogP contribution in [0.15, 0.2) is 33.7 Å². The summed E-state index contributed by atoms with van der Waals surface area (Å²) in [5.41, 5.74) is 1.79. The molecule has 2 heterocycles. The van der Waals surface area contributed by atoms with Crippen LogP contribution in [0.25, 0.3) is 0 Å². The third-order valence-corrected chi connectivity index (χ3v) is 6.07. The predicted molar refractivity (Wildman–Crippen MR) is 97.7 cm³/mol. The Kier molecular flexibility index (Phi) is 4.90. The van der Waals surface area contributed by atoms with Gasteiger partial charge in [0.15, 0.2) is 10.7 Å². The molecule has 3 rings (SSSR count). The highest BCUT2D eigenvalue weighted by Crippen LogP contribution is 2.24. The van der Waals surface area contributed by atoms with Crippen molar-refractivity contribution >= 4 is 27.3 Å². The number of aryl methyl sites for hydroxylation is 2. The van der Waals surface area contributed by atoms with E-state index in [0.29, 0.717) is 24.5 Å². The number of rotatable bonds is 4. The zero-order valence-corrected chi connectivity index (χ0v) is 15.8. The summed E-state index contributed by atoms with van der Waals surface area (Å²) < 4.78 is 32.6. The fourth-order valence-electron chi connectivity index (χ4n) is 3.08. The van der Waals surface area contributed by atoms with Gasteiger partial charge in [-0.1, -0.05) is 5.16 Å². The third-order valence-electron chi connectivity index (χ3n) is 4.45. The van der Waals surface area contributed by atoms with Crippen molar-refractivity contribution in [2.75, 3.05) is 35.8 Å². The van der Waals surface area contributed by atoms with Crippen LogP contribution in [-0.2, 0) is 14.8 Å². The van der Waals surface area contributed by atoms with Crippen LogP contribution in [0.4, 0.5) is 11.4 Å². The summed E-state index contributed by atoms with van der Waals surface area (Å²) in [4.78, 5) is 15.5. The van der Waals surface area contributed by atoms with Crippen molar-refractivity contribution in [3.8, 4) is 0 Å². The number of hydrogen-bond donors (Lipinski definition) is 1. The number of aromatic nitrogens is 1. The number of carbonyl (C=O) groups is 1. The normalized spacial score (nSPS) is 15.2. The van der Waals surface area contributed by atoms with E-state index in [0.717, 1.165) is 18.8 Å². The number of piperazine rings is 1. The molecule has 1 aliphatic rings. The Morgan fingerprint density at radius 3 is 2.23 bits per heavy atom. The van der Waals surface area contributed by atoms with E-state index in [2.05, 4.69) is 14.8 Å². The molecule has 0 aliphatic carbocycles. The number of carbonyl (C=O) groups excluding carboxylic acids is 1. The number of benzene rings is 1. The SMILES string of the molecule is CC(=O)N1CCN(c2ccc(NS(=O)(=O)c3c(C)noc3C)cc2)CC1. The number of nitrogens with one attached hydrogen (secondary N) is 1. The first-order chi connectivity index (χ1) is 12.3. The molecule has 26 heavy (non-hydrogen) atoms. The molecule has 8 nitrogen and oxygen atoms in total. The standard InChI is InChI=1S/C17H22N4O4S/c1-12-17(13(2)25-18-12)26(23,24)19-15-4-6-16(7-5-15)21-10-8-20(9-11-21)14(3)22/h4-7,19H,8-11H2,1-3H3. The van der Waals surface area contributed by atoms with Gasteiger partial charge >= 0.3 is 0 Å². The van der Waals surface area contributed by atoms with Gasteiger partial charge in [0.2, 0.25) is 5.91 Å². The van der Waals surface area contributed by atoms with Gasteiger partial charge in [-0.25, -0.2) is 8.42 Å². The van der Waals surface area contributed by atoms with Crippen LogP contribution in [0, 0.1) is 13.8 Å². The van der Waals surface area contributed by atoms with Crippen molar-refractivity contribution in [1.82, 2.24) is 10.1 Å². The number of anilines is 2. The number of amides is 1. The summed E-state index contributed by atoms with van der Waals surface area (Å²) in [6.07, 6.45) is 0. The summed E-state index contributed by atoms with van der Waals surface area (Å²) in [5, 5.41) is 3.69. The zero-order chi connectivity index (χ0) is 18.9. The highest BCUT2D eigenvalue weighted by molar-refractivity contribution is 7.92. The molecule has 1 aromatic carbocycles. The van der Waals surface area contributed by atoms with Gasteiger partial charge in [-0.2, -0.15) is 0 Å². The Hall–Kier alpha value is -2.55. The molecule has 140 valence electrons. The van der Waals surface area contributed by atoms with Crippen LogP contribution in [0.5, 0.6) is 0 Å². The molecule has 1 amide bonds. The van der Waals surface area contributed by atoms with E-state index in [1.54, 1.807) is 32.9 Å². The van der Waals surface area contributed by atoms with Gasteiger partial charge in [-0.15, -0.1) is 0 Å². The third kappa shape index (κ3) is 3.67. The Morgan fingerprint density at radius 1 is 1.12 bits per heavy atom. The van der Waals surface area contributed by atoms with E-state index >= 15 is 0 Å². The average molecular weight is 378 g/mol. The maximum Gasteiger partial charge on any atom is 0.267 e. The lowest BCUT2D eigenvalue weighted by atomic mass is 10.2. The van der Waals surface area contributed by atoms with Gasteiger partial charge < -0.3 is 14.3 Å². The summed E-state index contributed by atoms with van der Waals surface area (Å²) >= 11 is 0. The fraction of sp³-hybridized carbons (Fsp3) is 0.412. The lowest BCUT2D eigenvalue weighted by Crippen LogP contribution is -2.48. The monoisotopic (exact) mass is 378 g/mol. The van der Waals surface area contributed by atoms with E-state index in [1.807, 2.05) is 17.0 Å². The van der Waals surface area contributed by atoms with Gasteiger partial charge in [0, 0.05) is 44.5 Å². The molecular weight excluding hydrogens is 356 g/mol. The Bertz CT molecular complexity index is 878. The van der Waals surface area contributed by atoms with Gasteiger partial charge in [-0.05, 0) is 38.1 Å². The van der Waals surface area contributed by atoms with Gasteiger partial charge in [0.25, 0.3) is 10.0 Å². The van der Waals surface area contributed by atoms with Crippen molar-refractivity contribution in [2.45, 2.75) is 25.7 Å². The summed E-state index contributed by atoms with van der Waals surface area (Å²) in [5.74, 6) is 0.351. The number of nitrogens with zero attached hydrogens (tertiary/aromatic N) is 3. The van der Waals surface area contributed by atoms with Crippen LogP contribution < -0.4 is 9.62 Å². The Balaban J connectivity index is 1.70. The van der Waals surface area contributed by atoms with Crippen LogP contribution in [0.3, 0.4) is 0 Å². The van der Waals surface area contributed by atoms with Crippen LogP contribution in [0.1, 0.15) is 18.4 Å². The van der Waals surface area contributed by atoms with E-state index in [4.69, 9.17) is 4.52 Å². The number of hydrogen-bond acceptors (Lipinski definition) is 6. The highest BCUT2D eigenvalue weighted by atomic mass is 32.2. The van der Waals surface area contributed by atoms with Crippen LogP contribution >= 0.6 is 0 Å². The quantitative estimate of drug-likeness (QED) is 0.871. The van der Waals surface area contributed by atoms with Crippen molar-refractivity contribution in [3.63, 3.8) is 0 Å². The van der Waals surface area contributed by atoms with Gasteiger partial charge in [0.1, 0.15) is 5.69 Å². The van der Waals surface area contributed by atoms with E-state index in [9.17, 15) is 13.2 Å². The largest absolute Gasteiger partial charge is 0.368 e. The zero-order valence-electron chi connectivity index (χ0n) is 15.0. The first kappa shape index (κ1) is 18.2. The molecule has 0 radical (unpaired) electrons. The van der Waals surface area contributed by atoms with Crippen molar-refractivity contribution in [3.05, 3.63) is 35.7 Å². The molecule has 1 fully saturated rings. The smallest absolute Gasteiger partial charge is 0.267 e. The highest BCUT2D eigenvalue weighted by Gasteiger charge is 2.24. The minimum atomic E-state index is -3.75. The second-order valence-electron chi connectivity index (χ2n) is 6.30. The molecule has 1 aromatic heterocycles. The molecule has 1 aliphatic heterocycles. The van der Waals surface area contributed by atoms with E-state index < -0.39 is 10.0 Å².